The minimum absolute atomic E-state index is 0.0546. The molecule has 1 atom stereocenters. The first kappa shape index (κ1) is 14.9. The van der Waals surface area contributed by atoms with Crippen LogP contribution in [-0.2, 0) is 10.0 Å². The fraction of sp³-hybridized carbons (Fsp3) is 1.00. The van der Waals surface area contributed by atoms with Gasteiger partial charge in [0.05, 0.1) is 5.75 Å². The van der Waals surface area contributed by atoms with Crippen molar-refractivity contribution in [2.45, 2.75) is 46.6 Å². The van der Waals surface area contributed by atoms with Crippen LogP contribution in [0.1, 0.15) is 40.5 Å². The number of nitrogens with two attached hydrogens (primary N) is 1. The Balaban J connectivity index is 4.15. The Labute approximate surface area is 93.7 Å². The van der Waals surface area contributed by atoms with E-state index in [2.05, 4.69) is 4.72 Å². The van der Waals surface area contributed by atoms with E-state index in [9.17, 15) is 8.42 Å². The number of hydrogen-bond acceptors (Lipinski definition) is 3. The highest BCUT2D eigenvalue weighted by Crippen LogP contribution is 2.19. The van der Waals surface area contributed by atoms with Crippen molar-refractivity contribution in [1.29, 1.82) is 0 Å². The molecule has 0 aliphatic carbocycles. The average Bonchev–Trinajstić information content (AvgIpc) is 2.01. The van der Waals surface area contributed by atoms with Crippen molar-refractivity contribution < 1.29 is 8.42 Å². The topological polar surface area (TPSA) is 72.2 Å². The van der Waals surface area contributed by atoms with E-state index in [1.807, 2.05) is 27.7 Å². The summed E-state index contributed by atoms with van der Waals surface area (Å²) in [7, 11) is -3.14. The maximum absolute atomic E-state index is 11.6. The Kier molecular flexibility index (Phi) is 5.77. The van der Waals surface area contributed by atoms with Crippen LogP contribution in [0.3, 0.4) is 0 Å². The third-order valence-electron chi connectivity index (χ3n) is 2.52. The highest BCUT2D eigenvalue weighted by atomic mass is 32.2. The van der Waals surface area contributed by atoms with Crippen LogP contribution in [0.15, 0.2) is 0 Å². The molecule has 0 aliphatic heterocycles. The molecule has 3 N–H and O–H groups in total. The predicted molar refractivity (Wildman–Crippen MR) is 64.1 cm³/mol. The van der Waals surface area contributed by atoms with Gasteiger partial charge in [0, 0.05) is 6.04 Å². The minimum Gasteiger partial charge on any atom is -0.330 e. The van der Waals surface area contributed by atoms with E-state index in [-0.39, 0.29) is 17.2 Å². The van der Waals surface area contributed by atoms with Crippen molar-refractivity contribution in [2.24, 2.45) is 11.1 Å². The summed E-state index contributed by atoms with van der Waals surface area (Å²) < 4.78 is 25.9. The summed E-state index contributed by atoms with van der Waals surface area (Å²) >= 11 is 0. The third-order valence-corrected chi connectivity index (χ3v) is 4.06. The molecule has 5 heteroatoms. The SMILES string of the molecule is CC(NS(=O)(=O)CCCCN)C(C)(C)C. The van der Waals surface area contributed by atoms with Gasteiger partial charge in [0.2, 0.25) is 10.0 Å². The summed E-state index contributed by atoms with van der Waals surface area (Å²) in [5.74, 6) is 0.171. The largest absolute Gasteiger partial charge is 0.330 e. The molecule has 0 aromatic heterocycles. The average molecular weight is 236 g/mol. The summed E-state index contributed by atoms with van der Waals surface area (Å²) in [5, 5.41) is 0. The smallest absolute Gasteiger partial charge is 0.211 e. The Morgan fingerprint density at radius 3 is 2.20 bits per heavy atom. The lowest BCUT2D eigenvalue weighted by Crippen LogP contribution is -2.42. The van der Waals surface area contributed by atoms with Gasteiger partial charge in [-0.05, 0) is 31.7 Å². The predicted octanol–water partition coefficient (Wildman–Crippen LogP) is 1.08. The van der Waals surface area contributed by atoms with Crippen molar-refractivity contribution in [2.75, 3.05) is 12.3 Å². The quantitative estimate of drug-likeness (QED) is 0.678. The lowest BCUT2D eigenvalue weighted by Gasteiger charge is -2.27. The zero-order chi connectivity index (χ0) is 12.1. The molecule has 0 spiro atoms. The molecule has 0 saturated carbocycles. The molecule has 4 nitrogen and oxygen atoms in total. The first-order valence-corrected chi connectivity index (χ1v) is 7.04. The van der Waals surface area contributed by atoms with E-state index >= 15 is 0 Å². The van der Waals surface area contributed by atoms with Gasteiger partial charge in [0.1, 0.15) is 0 Å². The van der Waals surface area contributed by atoms with Crippen LogP contribution < -0.4 is 10.5 Å². The Morgan fingerprint density at radius 2 is 1.80 bits per heavy atom. The zero-order valence-electron chi connectivity index (χ0n) is 10.2. The summed E-state index contributed by atoms with van der Waals surface area (Å²) in [4.78, 5) is 0. The van der Waals surface area contributed by atoms with Crippen LogP contribution in [0.2, 0.25) is 0 Å². The molecule has 92 valence electrons. The second kappa shape index (κ2) is 5.82. The summed E-state index contributed by atoms with van der Waals surface area (Å²) in [6, 6.07) is -0.0552. The molecule has 0 radical (unpaired) electrons. The molecule has 0 bridgehead atoms. The van der Waals surface area contributed by atoms with Gasteiger partial charge >= 0.3 is 0 Å². The molecule has 0 amide bonds. The molecule has 15 heavy (non-hydrogen) atoms. The third kappa shape index (κ3) is 6.87. The second-order valence-electron chi connectivity index (χ2n) is 5.02. The second-order valence-corrected chi connectivity index (χ2v) is 6.89. The number of nitrogens with one attached hydrogen (secondary N) is 1. The monoisotopic (exact) mass is 236 g/mol. The molecule has 0 aromatic rings. The van der Waals surface area contributed by atoms with Crippen LogP contribution in [-0.4, -0.2) is 26.8 Å². The van der Waals surface area contributed by atoms with Crippen LogP contribution in [0, 0.1) is 5.41 Å². The van der Waals surface area contributed by atoms with Gasteiger partial charge in [-0.15, -0.1) is 0 Å². The molecular formula is C10H24N2O2S. The lowest BCUT2D eigenvalue weighted by atomic mass is 9.89. The number of sulfonamides is 1. The fourth-order valence-electron chi connectivity index (χ4n) is 0.941. The molecule has 0 fully saturated rings. The first-order chi connectivity index (χ1) is 6.69. The van der Waals surface area contributed by atoms with Gasteiger partial charge in [-0.2, -0.15) is 0 Å². The van der Waals surface area contributed by atoms with Gasteiger partial charge in [-0.25, -0.2) is 13.1 Å². The van der Waals surface area contributed by atoms with Crippen molar-refractivity contribution in [3.63, 3.8) is 0 Å². The Bertz CT molecular complexity index is 268. The highest BCUT2D eigenvalue weighted by molar-refractivity contribution is 7.89. The molecule has 1 unspecified atom stereocenters. The molecule has 0 saturated heterocycles. The number of hydrogen-bond donors (Lipinski definition) is 2. The van der Waals surface area contributed by atoms with E-state index < -0.39 is 10.0 Å². The van der Waals surface area contributed by atoms with Gasteiger partial charge in [0.15, 0.2) is 0 Å². The van der Waals surface area contributed by atoms with E-state index in [0.29, 0.717) is 13.0 Å². The lowest BCUT2D eigenvalue weighted by molar-refractivity contribution is 0.317. The van der Waals surface area contributed by atoms with Gasteiger partial charge in [0.25, 0.3) is 0 Å². The van der Waals surface area contributed by atoms with Crippen LogP contribution in [0.4, 0.5) is 0 Å². The summed E-state index contributed by atoms with van der Waals surface area (Å²) in [6.45, 7) is 8.48. The molecule has 0 aliphatic rings. The van der Waals surface area contributed by atoms with E-state index in [1.54, 1.807) is 0 Å². The molecule has 0 rings (SSSR count). The van der Waals surface area contributed by atoms with Crippen LogP contribution >= 0.6 is 0 Å². The van der Waals surface area contributed by atoms with E-state index in [1.165, 1.54) is 0 Å². The minimum atomic E-state index is -3.14. The van der Waals surface area contributed by atoms with Gasteiger partial charge in [-0.1, -0.05) is 20.8 Å². The van der Waals surface area contributed by atoms with Gasteiger partial charge < -0.3 is 5.73 Å². The van der Waals surface area contributed by atoms with Crippen molar-refractivity contribution in [1.82, 2.24) is 4.72 Å². The fourth-order valence-corrected chi connectivity index (χ4v) is 2.54. The number of unbranched alkanes of at least 4 members (excludes halogenated alkanes) is 1. The zero-order valence-corrected chi connectivity index (χ0v) is 11.0. The number of rotatable bonds is 6. The Hall–Kier alpha value is -0.130. The molecule has 0 heterocycles. The first-order valence-electron chi connectivity index (χ1n) is 5.39. The maximum Gasteiger partial charge on any atom is 0.211 e. The highest BCUT2D eigenvalue weighted by Gasteiger charge is 2.24. The summed E-state index contributed by atoms with van der Waals surface area (Å²) in [5.41, 5.74) is 5.26. The molecule has 0 aromatic carbocycles. The Morgan fingerprint density at radius 1 is 1.27 bits per heavy atom. The molecular weight excluding hydrogens is 212 g/mol. The standard InChI is InChI=1S/C10H24N2O2S/c1-9(10(2,3)4)12-15(13,14)8-6-5-7-11/h9,12H,5-8,11H2,1-4H3. The van der Waals surface area contributed by atoms with Crippen molar-refractivity contribution in [3.8, 4) is 0 Å². The van der Waals surface area contributed by atoms with Gasteiger partial charge in [-0.3, -0.25) is 0 Å². The van der Waals surface area contributed by atoms with E-state index in [0.717, 1.165) is 6.42 Å². The van der Waals surface area contributed by atoms with Crippen molar-refractivity contribution >= 4 is 10.0 Å². The van der Waals surface area contributed by atoms with E-state index in [4.69, 9.17) is 5.73 Å². The summed E-state index contributed by atoms with van der Waals surface area (Å²) in [6.07, 6.45) is 1.38. The van der Waals surface area contributed by atoms with Crippen LogP contribution in [0.25, 0.3) is 0 Å². The van der Waals surface area contributed by atoms with Crippen LogP contribution in [0.5, 0.6) is 0 Å². The normalized spacial score (nSPS) is 15.3. The van der Waals surface area contributed by atoms with Crippen molar-refractivity contribution in [3.05, 3.63) is 0 Å². The maximum atomic E-state index is 11.6.